The molecule has 0 unspecified atom stereocenters. The Morgan fingerprint density at radius 2 is 2.18 bits per heavy atom. The zero-order valence-electron chi connectivity index (χ0n) is 9.31. The van der Waals surface area contributed by atoms with Gasteiger partial charge >= 0.3 is 0 Å². The molecular weight excluding hydrogens is 221 g/mol. The van der Waals surface area contributed by atoms with Gasteiger partial charge in [0.05, 0.1) is 12.3 Å². The van der Waals surface area contributed by atoms with Crippen LogP contribution >= 0.6 is 0 Å². The largest absolute Gasteiger partial charge is 0.459 e. The van der Waals surface area contributed by atoms with Crippen LogP contribution in [0.3, 0.4) is 0 Å². The predicted octanol–water partition coefficient (Wildman–Crippen LogP) is 2.91. The van der Waals surface area contributed by atoms with Crippen LogP contribution in [-0.4, -0.2) is 5.91 Å². The molecular formula is C13H12FNO2. The van der Waals surface area contributed by atoms with Crippen molar-refractivity contribution >= 4 is 5.91 Å². The maximum Gasteiger partial charge on any atom is 0.287 e. The summed E-state index contributed by atoms with van der Waals surface area (Å²) in [4.78, 5) is 11.7. The van der Waals surface area contributed by atoms with Crippen molar-refractivity contribution in [3.8, 4) is 0 Å². The van der Waals surface area contributed by atoms with E-state index in [0.717, 1.165) is 0 Å². The van der Waals surface area contributed by atoms with Gasteiger partial charge in [0.25, 0.3) is 5.91 Å². The molecule has 2 aromatic rings. The fourth-order valence-electron chi connectivity index (χ4n) is 1.53. The summed E-state index contributed by atoms with van der Waals surface area (Å²) in [5, 5.41) is 2.73. The highest BCUT2D eigenvalue weighted by atomic mass is 19.1. The second kappa shape index (κ2) is 4.82. The molecule has 88 valence electrons. The summed E-state index contributed by atoms with van der Waals surface area (Å²) in [6.45, 7) is 1.79. The molecule has 0 fully saturated rings. The van der Waals surface area contributed by atoms with Crippen molar-refractivity contribution in [2.45, 2.75) is 13.0 Å². The molecule has 1 heterocycles. The van der Waals surface area contributed by atoms with Crippen LogP contribution in [0.2, 0.25) is 0 Å². The average molecular weight is 233 g/mol. The molecule has 0 aliphatic rings. The van der Waals surface area contributed by atoms with E-state index in [2.05, 4.69) is 5.32 Å². The highest BCUT2D eigenvalue weighted by molar-refractivity contribution is 5.91. The molecule has 2 rings (SSSR count). The highest BCUT2D eigenvalue weighted by Crippen LogP contribution is 2.14. The predicted molar refractivity (Wildman–Crippen MR) is 61.0 cm³/mol. The molecule has 1 amide bonds. The number of carbonyl (C=O) groups is 1. The van der Waals surface area contributed by atoms with Crippen LogP contribution in [-0.2, 0) is 0 Å². The van der Waals surface area contributed by atoms with Gasteiger partial charge in [-0.05, 0) is 36.8 Å². The smallest absolute Gasteiger partial charge is 0.287 e. The Morgan fingerprint density at radius 1 is 1.35 bits per heavy atom. The Hall–Kier alpha value is -2.10. The molecule has 0 aliphatic carbocycles. The Kier molecular flexibility index (Phi) is 3.23. The van der Waals surface area contributed by atoms with Crippen molar-refractivity contribution in [1.29, 1.82) is 0 Å². The van der Waals surface area contributed by atoms with Crippen LogP contribution in [0.1, 0.15) is 29.1 Å². The third-order valence-corrected chi connectivity index (χ3v) is 2.44. The summed E-state index contributed by atoms with van der Waals surface area (Å²) in [6.07, 6.45) is 1.43. The molecule has 0 radical (unpaired) electrons. The Labute approximate surface area is 98.3 Å². The summed E-state index contributed by atoms with van der Waals surface area (Å²) in [6, 6.07) is 9.08. The minimum Gasteiger partial charge on any atom is -0.459 e. The molecule has 0 aliphatic heterocycles. The second-order valence-electron chi connectivity index (χ2n) is 3.73. The van der Waals surface area contributed by atoms with E-state index in [1.165, 1.54) is 18.4 Å². The average Bonchev–Trinajstić information content (AvgIpc) is 2.82. The van der Waals surface area contributed by atoms with Crippen LogP contribution in [0.25, 0.3) is 0 Å². The first-order valence-corrected chi connectivity index (χ1v) is 5.26. The van der Waals surface area contributed by atoms with E-state index in [9.17, 15) is 9.18 Å². The van der Waals surface area contributed by atoms with Crippen molar-refractivity contribution in [2.24, 2.45) is 0 Å². The van der Waals surface area contributed by atoms with Gasteiger partial charge in [0.15, 0.2) is 5.76 Å². The van der Waals surface area contributed by atoms with E-state index in [1.807, 2.05) is 0 Å². The normalized spacial score (nSPS) is 12.1. The maximum atomic E-state index is 13.0. The quantitative estimate of drug-likeness (QED) is 0.885. The summed E-state index contributed by atoms with van der Waals surface area (Å²) >= 11 is 0. The van der Waals surface area contributed by atoms with Crippen LogP contribution in [0.4, 0.5) is 4.39 Å². The lowest BCUT2D eigenvalue weighted by atomic mass is 10.1. The Balaban J connectivity index is 2.07. The second-order valence-corrected chi connectivity index (χ2v) is 3.73. The van der Waals surface area contributed by atoms with Crippen LogP contribution in [0.15, 0.2) is 47.1 Å². The van der Waals surface area contributed by atoms with Gasteiger partial charge in [-0.15, -0.1) is 0 Å². The van der Waals surface area contributed by atoms with Crippen LogP contribution in [0.5, 0.6) is 0 Å². The van der Waals surface area contributed by atoms with Crippen LogP contribution < -0.4 is 5.32 Å². The van der Waals surface area contributed by atoms with Gasteiger partial charge < -0.3 is 9.73 Å². The fourth-order valence-corrected chi connectivity index (χ4v) is 1.53. The molecule has 0 bridgehead atoms. The summed E-state index contributed by atoms with van der Waals surface area (Å²) in [5.74, 6) is -0.387. The maximum absolute atomic E-state index is 13.0. The van der Waals surface area contributed by atoms with Gasteiger partial charge in [0, 0.05) is 0 Å². The number of halogens is 1. The molecule has 4 heteroatoms. The lowest BCUT2D eigenvalue weighted by molar-refractivity contribution is 0.0912. The van der Waals surface area contributed by atoms with E-state index in [-0.39, 0.29) is 23.5 Å². The molecule has 1 atom stereocenters. The number of furan rings is 1. The molecule has 0 saturated heterocycles. The number of hydrogen-bond acceptors (Lipinski definition) is 2. The number of rotatable bonds is 3. The van der Waals surface area contributed by atoms with Crippen molar-refractivity contribution in [1.82, 2.24) is 5.32 Å². The van der Waals surface area contributed by atoms with Crippen molar-refractivity contribution in [3.63, 3.8) is 0 Å². The van der Waals surface area contributed by atoms with Gasteiger partial charge in [-0.1, -0.05) is 12.1 Å². The fraction of sp³-hybridized carbons (Fsp3) is 0.154. The van der Waals surface area contributed by atoms with E-state index in [0.29, 0.717) is 5.56 Å². The zero-order valence-corrected chi connectivity index (χ0v) is 9.31. The topological polar surface area (TPSA) is 42.2 Å². The molecule has 3 nitrogen and oxygen atoms in total. The molecule has 0 spiro atoms. The standard InChI is InChI=1S/C13H12FNO2/c1-9(10-4-2-5-11(14)8-10)15-13(16)12-6-3-7-17-12/h2-9H,1H3,(H,15,16)/t9-/m1/s1. The van der Waals surface area contributed by atoms with E-state index < -0.39 is 0 Å². The minimum absolute atomic E-state index is 0.244. The third-order valence-electron chi connectivity index (χ3n) is 2.44. The number of carbonyl (C=O) groups excluding carboxylic acids is 1. The van der Waals surface area contributed by atoms with Gasteiger partial charge in [-0.2, -0.15) is 0 Å². The highest BCUT2D eigenvalue weighted by Gasteiger charge is 2.13. The van der Waals surface area contributed by atoms with Gasteiger partial charge in [0.2, 0.25) is 0 Å². The zero-order chi connectivity index (χ0) is 12.3. The number of hydrogen-bond donors (Lipinski definition) is 1. The van der Waals surface area contributed by atoms with E-state index in [1.54, 1.807) is 31.2 Å². The number of amides is 1. The van der Waals surface area contributed by atoms with Gasteiger partial charge in [-0.25, -0.2) is 4.39 Å². The summed E-state index contributed by atoms with van der Waals surface area (Å²) in [7, 11) is 0. The Morgan fingerprint density at radius 3 is 2.82 bits per heavy atom. The first-order valence-electron chi connectivity index (χ1n) is 5.26. The summed E-state index contributed by atoms with van der Waals surface area (Å²) < 4.78 is 18.0. The minimum atomic E-state index is -0.318. The molecule has 1 aromatic heterocycles. The van der Waals surface area contributed by atoms with E-state index >= 15 is 0 Å². The number of benzene rings is 1. The molecule has 17 heavy (non-hydrogen) atoms. The third kappa shape index (κ3) is 2.72. The first-order chi connectivity index (χ1) is 8.16. The van der Waals surface area contributed by atoms with Crippen molar-refractivity contribution in [2.75, 3.05) is 0 Å². The SMILES string of the molecule is C[C@@H](NC(=O)c1ccco1)c1cccc(F)c1. The van der Waals surface area contributed by atoms with Gasteiger partial charge in [0.1, 0.15) is 5.82 Å². The molecule has 1 N–H and O–H groups in total. The van der Waals surface area contributed by atoms with E-state index in [4.69, 9.17) is 4.42 Å². The van der Waals surface area contributed by atoms with Crippen LogP contribution in [0, 0.1) is 5.82 Å². The monoisotopic (exact) mass is 233 g/mol. The molecule has 1 aromatic carbocycles. The van der Waals surface area contributed by atoms with Crippen molar-refractivity contribution < 1.29 is 13.6 Å². The van der Waals surface area contributed by atoms with Crippen molar-refractivity contribution in [3.05, 3.63) is 59.8 Å². The molecule has 0 saturated carbocycles. The lowest BCUT2D eigenvalue weighted by Crippen LogP contribution is -2.26. The Bertz CT molecular complexity index is 508. The summed E-state index contributed by atoms with van der Waals surface area (Å²) in [5.41, 5.74) is 0.713. The number of nitrogens with one attached hydrogen (secondary N) is 1. The van der Waals surface area contributed by atoms with Gasteiger partial charge in [-0.3, -0.25) is 4.79 Å². The first kappa shape index (κ1) is 11.4. The lowest BCUT2D eigenvalue weighted by Gasteiger charge is -2.13.